The number of carboxylic acids is 1. The predicted molar refractivity (Wildman–Crippen MR) is 71.0 cm³/mol. The Bertz CT molecular complexity index is 482. The van der Waals surface area contributed by atoms with Crippen LogP contribution in [0, 0.1) is 0 Å². The van der Waals surface area contributed by atoms with Gasteiger partial charge < -0.3 is 10.8 Å². The summed E-state index contributed by atoms with van der Waals surface area (Å²) in [7, 11) is 0. The predicted octanol–water partition coefficient (Wildman–Crippen LogP) is 2.92. The van der Waals surface area contributed by atoms with E-state index in [1.54, 1.807) is 35.6 Å². The van der Waals surface area contributed by atoms with E-state index >= 15 is 0 Å². The number of benzene rings is 1. The van der Waals surface area contributed by atoms with E-state index in [1.807, 2.05) is 16.8 Å². The molecule has 90 valence electrons. The van der Waals surface area contributed by atoms with Crippen LogP contribution in [0.15, 0.2) is 41.1 Å². The molecule has 1 aromatic carbocycles. The van der Waals surface area contributed by atoms with E-state index in [0.29, 0.717) is 0 Å². The smallest absolute Gasteiger partial charge is 0.335 e. The second-order valence-corrected chi connectivity index (χ2v) is 4.24. The van der Waals surface area contributed by atoms with Crippen molar-refractivity contribution in [1.29, 1.82) is 0 Å². The van der Waals surface area contributed by atoms with Gasteiger partial charge in [0.15, 0.2) is 0 Å². The molecule has 1 heterocycles. The minimum absolute atomic E-state index is 0. The average molecular weight is 270 g/mol. The van der Waals surface area contributed by atoms with Gasteiger partial charge in [-0.05, 0) is 40.1 Å². The number of rotatable bonds is 3. The van der Waals surface area contributed by atoms with Crippen LogP contribution in [0.4, 0.5) is 0 Å². The third kappa shape index (κ3) is 3.06. The Morgan fingerprint density at radius 3 is 2.29 bits per heavy atom. The van der Waals surface area contributed by atoms with Gasteiger partial charge in [-0.1, -0.05) is 12.1 Å². The van der Waals surface area contributed by atoms with Gasteiger partial charge in [-0.25, -0.2) is 4.79 Å². The van der Waals surface area contributed by atoms with Gasteiger partial charge in [-0.3, -0.25) is 0 Å². The molecule has 0 aliphatic rings. The first-order valence-electron chi connectivity index (χ1n) is 4.79. The van der Waals surface area contributed by atoms with Crippen molar-refractivity contribution in [3.05, 3.63) is 57.8 Å². The van der Waals surface area contributed by atoms with Gasteiger partial charge in [-0.15, -0.1) is 12.4 Å². The minimum atomic E-state index is -0.921. The van der Waals surface area contributed by atoms with Crippen molar-refractivity contribution >= 4 is 29.7 Å². The number of nitrogens with two attached hydrogens (primary N) is 1. The lowest BCUT2D eigenvalue weighted by atomic mass is 10.0. The van der Waals surface area contributed by atoms with Gasteiger partial charge in [0.25, 0.3) is 0 Å². The Labute approximate surface area is 109 Å². The molecule has 17 heavy (non-hydrogen) atoms. The average Bonchev–Trinajstić information content (AvgIpc) is 2.81. The standard InChI is InChI=1S/C12H11NO2S.ClH/c13-11(10-5-6-16-7-10)8-1-3-9(4-2-8)12(14)15;/h1-7,11H,13H2,(H,14,15);1H/t11-;/m1./s1. The highest BCUT2D eigenvalue weighted by atomic mass is 35.5. The second kappa shape index (κ2) is 5.82. The van der Waals surface area contributed by atoms with Crippen molar-refractivity contribution in [2.45, 2.75) is 6.04 Å². The Kier molecular flexibility index (Phi) is 4.69. The molecule has 1 atom stereocenters. The van der Waals surface area contributed by atoms with Crippen LogP contribution in [0.5, 0.6) is 0 Å². The minimum Gasteiger partial charge on any atom is -0.478 e. The number of halogens is 1. The molecule has 0 spiro atoms. The Morgan fingerprint density at radius 2 is 1.82 bits per heavy atom. The molecule has 0 saturated heterocycles. The molecule has 0 saturated carbocycles. The molecule has 0 aliphatic carbocycles. The van der Waals surface area contributed by atoms with E-state index in [9.17, 15) is 4.79 Å². The lowest BCUT2D eigenvalue weighted by Gasteiger charge is -2.10. The van der Waals surface area contributed by atoms with Crippen molar-refractivity contribution in [3.63, 3.8) is 0 Å². The van der Waals surface area contributed by atoms with Crippen molar-refractivity contribution in [2.24, 2.45) is 5.73 Å². The fraction of sp³-hybridized carbons (Fsp3) is 0.0833. The molecule has 2 aromatic rings. The fourth-order valence-corrected chi connectivity index (χ4v) is 2.17. The summed E-state index contributed by atoms with van der Waals surface area (Å²) in [5.41, 5.74) is 8.29. The van der Waals surface area contributed by atoms with E-state index in [2.05, 4.69) is 0 Å². The number of hydrogen-bond acceptors (Lipinski definition) is 3. The van der Waals surface area contributed by atoms with Crippen LogP contribution in [-0.4, -0.2) is 11.1 Å². The summed E-state index contributed by atoms with van der Waals surface area (Å²) in [5, 5.41) is 12.7. The lowest BCUT2D eigenvalue weighted by molar-refractivity contribution is 0.0697. The molecule has 3 N–H and O–H groups in total. The Balaban J connectivity index is 0.00000144. The molecule has 0 unspecified atom stereocenters. The van der Waals surface area contributed by atoms with Crippen molar-refractivity contribution in [1.82, 2.24) is 0 Å². The lowest BCUT2D eigenvalue weighted by Crippen LogP contribution is -2.11. The normalized spacial score (nSPS) is 11.6. The first-order valence-corrected chi connectivity index (χ1v) is 5.73. The van der Waals surface area contributed by atoms with E-state index in [1.165, 1.54) is 0 Å². The van der Waals surface area contributed by atoms with E-state index < -0.39 is 5.97 Å². The van der Waals surface area contributed by atoms with E-state index in [0.717, 1.165) is 11.1 Å². The summed E-state index contributed by atoms with van der Waals surface area (Å²) in [5.74, 6) is -0.921. The Hall–Kier alpha value is -1.36. The first kappa shape index (κ1) is 13.7. The molecule has 0 fully saturated rings. The van der Waals surface area contributed by atoms with Gasteiger partial charge in [0.05, 0.1) is 11.6 Å². The van der Waals surface area contributed by atoms with Crippen LogP contribution in [0.3, 0.4) is 0 Å². The third-order valence-corrected chi connectivity index (χ3v) is 3.12. The molecule has 0 radical (unpaired) electrons. The fourth-order valence-electron chi connectivity index (χ4n) is 1.48. The molecule has 5 heteroatoms. The number of carboxylic acid groups (broad SMARTS) is 1. The summed E-state index contributed by atoms with van der Waals surface area (Å²) in [4.78, 5) is 10.7. The van der Waals surface area contributed by atoms with Gasteiger partial charge in [-0.2, -0.15) is 11.3 Å². The summed E-state index contributed by atoms with van der Waals surface area (Å²) < 4.78 is 0. The van der Waals surface area contributed by atoms with Gasteiger partial charge in [0, 0.05) is 0 Å². The molecule has 0 bridgehead atoms. The molecule has 1 aromatic heterocycles. The number of thiophene rings is 1. The SMILES string of the molecule is Cl.N[C@H](c1ccc(C(=O)O)cc1)c1ccsc1. The third-order valence-electron chi connectivity index (χ3n) is 2.42. The number of carbonyl (C=O) groups is 1. The quantitative estimate of drug-likeness (QED) is 0.901. The first-order chi connectivity index (χ1) is 7.68. The van der Waals surface area contributed by atoms with Crippen LogP contribution in [0.2, 0.25) is 0 Å². The number of aromatic carboxylic acids is 1. The maximum Gasteiger partial charge on any atom is 0.335 e. The van der Waals surface area contributed by atoms with E-state index in [-0.39, 0.29) is 24.0 Å². The molecular formula is C12H12ClNO2S. The van der Waals surface area contributed by atoms with E-state index in [4.69, 9.17) is 10.8 Å². The molecule has 0 amide bonds. The highest BCUT2D eigenvalue weighted by Gasteiger charge is 2.10. The highest BCUT2D eigenvalue weighted by Crippen LogP contribution is 2.21. The summed E-state index contributed by atoms with van der Waals surface area (Å²) >= 11 is 1.60. The van der Waals surface area contributed by atoms with Gasteiger partial charge in [0.2, 0.25) is 0 Å². The Morgan fingerprint density at radius 1 is 1.18 bits per heavy atom. The van der Waals surface area contributed by atoms with Crippen LogP contribution < -0.4 is 5.73 Å². The summed E-state index contributed by atoms with van der Waals surface area (Å²) in [6.45, 7) is 0. The zero-order valence-electron chi connectivity index (χ0n) is 8.87. The monoisotopic (exact) mass is 269 g/mol. The molecular weight excluding hydrogens is 258 g/mol. The largest absolute Gasteiger partial charge is 0.478 e. The maximum absolute atomic E-state index is 10.7. The van der Waals surface area contributed by atoms with Crippen molar-refractivity contribution in [3.8, 4) is 0 Å². The molecule has 0 aliphatic heterocycles. The van der Waals surface area contributed by atoms with Crippen LogP contribution in [0.1, 0.15) is 27.5 Å². The summed E-state index contributed by atoms with van der Waals surface area (Å²) in [6.07, 6.45) is 0. The van der Waals surface area contributed by atoms with Gasteiger partial charge in [0.1, 0.15) is 0 Å². The highest BCUT2D eigenvalue weighted by molar-refractivity contribution is 7.08. The zero-order valence-corrected chi connectivity index (χ0v) is 10.5. The van der Waals surface area contributed by atoms with Crippen molar-refractivity contribution in [2.75, 3.05) is 0 Å². The maximum atomic E-state index is 10.7. The topological polar surface area (TPSA) is 63.3 Å². The van der Waals surface area contributed by atoms with Crippen molar-refractivity contribution < 1.29 is 9.90 Å². The van der Waals surface area contributed by atoms with Crippen LogP contribution in [0.25, 0.3) is 0 Å². The van der Waals surface area contributed by atoms with Crippen LogP contribution >= 0.6 is 23.7 Å². The molecule has 3 nitrogen and oxygen atoms in total. The summed E-state index contributed by atoms with van der Waals surface area (Å²) in [6, 6.07) is 8.44. The second-order valence-electron chi connectivity index (χ2n) is 3.46. The molecule has 2 rings (SSSR count). The number of hydrogen-bond donors (Lipinski definition) is 2. The van der Waals surface area contributed by atoms with Crippen LogP contribution in [-0.2, 0) is 0 Å². The zero-order chi connectivity index (χ0) is 11.5. The van der Waals surface area contributed by atoms with Gasteiger partial charge >= 0.3 is 5.97 Å².